The standard InChI is InChI=1S/C17H18ClN3O4/c1-3-24-16-9-12(8-15(21(22)23)17(16)25-4-2)11-19-20-14-7-5-6-13(18)10-14/h5-11,20H,3-4H2,1-2H3. The van der Waals surface area contributed by atoms with Crippen molar-refractivity contribution in [2.24, 2.45) is 5.10 Å². The van der Waals surface area contributed by atoms with E-state index in [1.807, 2.05) is 0 Å². The van der Waals surface area contributed by atoms with Crippen LogP contribution in [-0.4, -0.2) is 24.4 Å². The van der Waals surface area contributed by atoms with Crippen molar-refractivity contribution in [1.29, 1.82) is 0 Å². The maximum atomic E-state index is 11.3. The predicted octanol–water partition coefficient (Wildman–Crippen LogP) is 4.49. The summed E-state index contributed by atoms with van der Waals surface area (Å²) < 4.78 is 10.9. The summed E-state index contributed by atoms with van der Waals surface area (Å²) in [5.41, 5.74) is 3.86. The van der Waals surface area contributed by atoms with Gasteiger partial charge in [0.1, 0.15) is 0 Å². The Bertz CT molecular complexity index is 780. The number of rotatable bonds is 8. The second kappa shape index (κ2) is 8.89. The second-order valence-electron chi connectivity index (χ2n) is 4.87. The maximum absolute atomic E-state index is 11.3. The number of nitrogens with zero attached hydrogens (tertiary/aromatic N) is 2. The molecule has 0 bridgehead atoms. The lowest BCUT2D eigenvalue weighted by Gasteiger charge is -2.11. The minimum atomic E-state index is -0.505. The first-order valence-electron chi connectivity index (χ1n) is 7.67. The quantitative estimate of drug-likeness (QED) is 0.424. The van der Waals surface area contributed by atoms with E-state index in [2.05, 4.69) is 10.5 Å². The molecule has 0 saturated carbocycles. The first kappa shape index (κ1) is 18.5. The molecule has 8 heteroatoms. The highest BCUT2D eigenvalue weighted by Crippen LogP contribution is 2.38. The van der Waals surface area contributed by atoms with Gasteiger partial charge in [0.2, 0.25) is 5.75 Å². The summed E-state index contributed by atoms with van der Waals surface area (Å²) in [6.07, 6.45) is 1.46. The van der Waals surface area contributed by atoms with Gasteiger partial charge in [-0.3, -0.25) is 15.5 Å². The van der Waals surface area contributed by atoms with E-state index < -0.39 is 4.92 Å². The van der Waals surface area contributed by atoms with Crippen LogP contribution in [0.2, 0.25) is 5.02 Å². The number of benzene rings is 2. The fraction of sp³-hybridized carbons (Fsp3) is 0.235. The molecular weight excluding hydrogens is 346 g/mol. The van der Waals surface area contributed by atoms with E-state index in [1.165, 1.54) is 12.3 Å². The number of halogens is 1. The first-order valence-corrected chi connectivity index (χ1v) is 8.05. The van der Waals surface area contributed by atoms with Crippen LogP contribution >= 0.6 is 11.6 Å². The Morgan fingerprint density at radius 3 is 2.64 bits per heavy atom. The van der Waals surface area contributed by atoms with E-state index in [0.29, 0.717) is 35.2 Å². The molecule has 0 aliphatic heterocycles. The van der Waals surface area contributed by atoms with Crippen LogP contribution in [-0.2, 0) is 0 Å². The number of nitro benzene ring substituents is 1. The van der Waals surface area contributed by atoms with Crippen molar-refractivity contribution in [3.63, 3.8) is 0 Å². The van der Waals surface area contributed by atoms with Crippen molar-refractivity contribution in [3.8, 4) is 11.5 Å². The van der Waals surface area contributed by atoms with E-state index >= 15 is 0 Å². The van der Waals surface area contributed by atoms with Gasteiger partial charge in [-0.05, 0) is 38.1 Å². The largest absolute Gasteiger partial charge is 0.490 e. The van der Waals surface area contributed by atoms with Gasteiger partial charge in [0.05, 0.1) is 30.0 Å². The summed E-state index contributed by atoms with van der Waals surface area (Å²) >= 11 is 5.90. The van der Waals surface area contributed by atoms with Gasteiger partial charge >= 0.3 is 5.69 Å². The molecular formula is C17H18ClN3O4. The Balaban J connectivity index is 2.30. The number of hydrogen-bond donors (Lipinski definition) is 1. The topological polar surface area (TPSA) is 86.0 Å². The van der Waals surface area contributed by atoms with Crippen LogP contribution in [0.4, 0.5) is 11.4 Å². The van der Waals surface area contributed by atoms with Gasteiger partial charge < -0.3 is 9.47 Å². The minimum absolute atomic E-state index is 0.120. The third kappa shape index (κ3) is 5.09. The Morgan fingerprint density at radius 1 is 1.24 bits per heavy atom. The van der Waals surface area contributed by atoms with E-state index in [0.717, 1.165) is 0 Å². The summed E-state index contributed by atoms with van der Waals surface area (Å²) in [5, 5.41) is 16.0. The first-order chi connectivity index (χ1) is 12.0. The van der Waals surface area contributed by atoms with E-state index in [1.54, 1.807) is 44.2 Å². The van der Waals surface area contributed by atoms with Crippen molar-refractivity contribution in [2.75, 3.05) is 18.6 Å². The van der Waals surface area contributed by atoms with E-state index in [9.17, 15) is 10.1 Å². The van der Waals surface area contributed by atoms with Gasteiger partial charge in [0, 0.05) is 16.7 Å². The molecule has 0 saturated heterocycles. The van der Waals surface area contributed by atoms with Crippen LogP contribution in [0.25, 0.3) is 0 Å². The monoisotopic (exact) mass is 363 g/mol. The molecule has 0 radical (unpaired) electrons. The third-order valence-electron chi connectivity index (χ3n) is 3.07. The zero-order valence-electron chi connectivity index (χ0n) is 13.9. The number of nitro groups is 1. The molecule has 0 atom stereocenters. The highest BCUT2D eigenvalue weighted by molar-refractivity contribution is 6.30. The highest BCUT2D eigenvalue weighted by Gasteiger charge is 2.22. The smallest absolute Gasteiger partial charge is 0.315 e. The molecule has 1 N–H and O–H groups in total. The molecule has 0 fully saturated rings. The Hall–Kier alpha value is -2.80. The maximum Gasteiger partial charge on any atom is 0.315 e. The number of nitrogens with one attached hydrogen (secondary N) is 1. The number of hydrogen-bond acceptors (Lipinski definition) is 6. The third-order valence-corrected chi connectivity index (χ3v) is 3.31. The van der Waals surface area contributed by atoms with Gasteiger partial charge in [-0.15, -0.1) is 0 Å². The van der Waals surface area contributed by atoms with Gasteiger partial charge in [0.25, 0.3) is 0 Å². The van der Waals surface area contributed by atoms with Crippen molar-refractivity contribution in [3.05, 3.63) is 57.1 Å². The molecule has 2 rings (SSSR count). The molecule has 0 amide bonds. The molecule has 2 aromatic rings. The SMILES string of the molecule is CCOc1cc(C=NNc2cccc(Cl)c2)cc([N+](=O)[O-])c1OCC. The van der Waals surface area contributed by atoms with Crippen molar-refractivity contribution < 1.29 is 14.4 Å². The van der Waals surface area contributed by atoms with Crippen molar-refractivity contribution in [2.45, 2.75) is 13.8 Å². The molecule has 25 heavy (non-hydrogen) atoms. The van der Waals surface area contributed by atoms with Crippen LogP contribution in [0.5, 0.6) is 11.5 Å². The summed E-state index contributed by atoms with van der Waals surface area (Å²) in [6.45, 7) is 4.20. The summed E-state index contributed by atoms with van der Waals surface area (Å²) in [7, 11) is 0. The normalized spacial score (nSPS) is 10.7. The number of ether oxygens (including phenoxy) is 2. The average molecular weight is 364 g/mol. The van der Waals surface area contributed by atoms with Crippen LogP contribution in [0.3, 0.4) is 0 Å². The fourth-order valence-electron chi connectivity index (χ4n) is 2.11. The van der Waals surface area contributed by atoms with Crippen LogP contribution in [0, 0.1) is 10.1 Å². The van der Waals surface area contributed by atoms with Crippen LogP contribution < -0.4 is 14.9 Å². The molecule has 0 aromatic heterocycles. The fourth-order valence-corrected chi connectivity index (χ4v) is 2.30. The highest BCUT2D eigenvalue weighted by atomic mass is 35.5. The minimum Gasteiger partial charge on any atom is -0.490 e. The Morgan fingerprint density at radius 2 is 2.00 bits per heavy atom. The average Bonchev–Trinajstić information content (AvgIpc) is 2.57. The Kier molecular flexibility index (Phi) is 6.59. The lowest BCUT2D eigenvalue weighted by molar-refractivity contribution is -0.385. The van der Waals surface area contributed by atoms with Gasteiger partial charge in [0.15, 0.2) is 5.75 Å². The molecule has 7 nitrogen and oxygen atoms in total. The lowest BCUT2D eigenvalue weighted by Crippen LogP contribution is -2.03. The summed E-state index contributed by atoms with van der Waals surface area (Å²) in [5.74, 6) is 0.428. The van der Waals surface area contributed by atoms with Crippen LogP contribution in [0.1, 0.15) is 19.4 Å². The molecule has 0 aliphatic carbocycles. The van der Waals surface area contributed by atoms with Crippen LogP contribution in [0.15, 0.2) is 41.5 Å². The predicted molar refractivity (Wildman–Crippen MR) is 98.1 cm³/mol. The summed E-state index contributed by atoms with van der Waals surface area (Å²) in [6, 6.07) is 10.1. The molecule has 0 heterocycles. The zero-order valence-corrected chi connectivity index (χ0v) is 14.6. The molecule has 2 aromatic carbocycles. The lowest BCUT2D eigenvalue weighted by atomic mass is 10.2. The molecule has 132 valence electrons. The number of hydrazone groups is 1. The van der Waals surface area contributed by atoms with Crippen molar-refractivity contribution in [1.82, 2.24) is 0 Å². The number of anilines is 1. The van der Waals surface area contributed by atoms with Gasteiger partial charge in [-0.2, -0.15) is 5.10 Å². The molecule has 0 spiro atoms. The van der Waals surface area contributed by atoms with E-state index in [-0.39, 0.29) is 11.4 Å². The van der Waals surface area contributed by atoms with Gasteiger partial charge in [-0.1, -0.05) is 17.7 Å². The van der Waals surface area contributed by atoms with E-state index in [4.69, 9.17) is 21.1 Å². The zero-order chi connectivity index (χ0) is 18.2. The van der Waals surface area contributed by atoms with Gasteiger partial charge in [-0.25, -0.2) is 0 Å². The summed E-state index contributed by atoms with van der Waals surface area (Å²) in [4.78, 5) is 10.8. The molecule has 0 aliphatic rings. The second-order valence-corrected chi connectivity index (χ2v) is 5.31. The molecule has 0 unspecified atom stereocenters. The Labute approximate surface area is 150 Å². The van der Waals surface area contributed by atoms with Crippen molar-refractivity contribution >= 4 is 29.2 Å².